The molecular weight excluding hydrogens is 253 g/mol. The lowest BCUT2D eigenvalue weighted by molar-refractivity contribution is -0.142. The third-order valence-corrected chi connectivity index (χ3v) is 1.84. The number of carbonyl (C=O) groups is 2. The lowest BCUT2D eigenvalue weighted by atomic mass is 10.2. The van der Waals surface area contributed by atoms with E-state index in [-0.39, 0.29) is 19.0 Å². The van der Waals surface area contributed by atoms with Gasteiger partial charge in [-0.15, -0.1) is 0 Å². The molecule has 0 unspecified atom stereocenters. The van der Waals surface area contributed by atoms with Gasteiger partial charge in [-0.05, 0) is 5.92 Å². The first kappa shape index (κ1) is 16.7. The molecule has 0 saturated carbocycles. The third-order valence-electron chi connectivity index (χ3n) is 1.84. The van der Waals surface area contributed by atoms with Crippen LogP contribution in [-0.2, 0) is 9.59 Å². The fourth-order valence-electron chi connectivity index (χ4n) is 1.35. The molecule has 0 fully saturated rings. The summed E-state index contributed by atoms with van der Waals surface area (Å²) in [5, 5.41) is 10.3. The summed E-state index contributed by atoms with van der Waals surface area (Å²) in [5.74, 6) is -1.85. The molecule has 0 aliphatic rings. The topological polar surface area (TPSA) is 69.6 Å². The number of nitrogens with one attached hydrogen (secondary N) is 1. The minimum atomic E-state index is -4.47. The van der Waals surface area contributed by atoms with Crippen molar-refractivity contribution in [2.45, 2.75) is 20.0 Å². The highest BCUT2D eigenvalue weighted by molar-refractivity contribution is 5.79. The van der Waals surface area contributed by atoms with Gasteiger partial charge in [-0.3, -0.25) is 14.5 Å². The highest BCUT2D eigenvalue weighted by Gasteiger charge is 2.28. The summed E-state index contributed by atoms with van der Waals surface area (Å²) in [4.78, 5) is 23.0. The maximum atomic E-state index is 11.9. The molecule has 0 aliphatic carbocycles. The molecule has 5 nitrogen and oxygen atoms in total. The Bertz CT molecular complexity index is 293. The van der Waals surface area contributed by atoms with E-state index in [0.717, 1.165) is 0 Å². The zero-order valence-electron chi connectivity index (χ0n) is 10.3. The number of hydrogen-bond acceptors (Lipinski definition) is 3. The van der Waals surface area contributed by atoms with Gasteiger partial charge in [0.1, 0.15) is 6.54 Å². The van der Waals surface area contributed by atoms with Gasteiger partial charge in [-0.25, -0.2) is 0 Å². The quantitative estimate of drug-likeness (QED) is 0.714. The Labute approximate surface area is 103 Å². The largest absolute Gasteiger partial charge is 0.480 e. The van der Waals surface area contributed by atoms with Crippen molar-refractivity contribution in [3.8, 4) is 0 Å². The molecule has 0 rings (SSSR count). The molecule has 0 bridgehead atoms. The number of aliphatic carboxylic acids is 1. The van der Waals surface area contributed by atoms with Crippen molar-refractivity contribution in [3.05, 3.63) is 0 Å². The zero-order chi connectivity index (χ0) is 14.3. The van der Waals surface area contributed by atoms with Crippen molar-refractivity contribution in [1.82, 2.24) is 10.2 Å². The Balaban J connectivity index is 4.21. The summed E-state index contributed by atoms with van der Waals surface area (Å²) >= 11 is 0. The Morgan fingerprint density at radius 1 is 1.28 bits per heavy atom. The first-order chi connectivity index (χ1) is 8.10. The maximum absolute atomic E-state index is 11.9. The van der Waals surface area contributed by atoms with Crippen molar-refractivity contribution in [1.29, 1.82) is 0 Å². The summed E-state index contributed by atoms with van der Waals surface area (Å²) in [7, 11) is 0. The van der Waals surface area contributed by atoms with Gasteiger partial charge >= 0.3 is 12.1 Å². The highest BCUT2D eigenvalue weighted by Crippen LogP contribution is 2.12. The van der Waals surface area contributed by atoms with Crippen molar-refractivity contribution in [3.63, 3.8) is 0 Å². The maximum Gasteiger partial charge on any atom is 0.405 e. The molecule has 0 atom stereocenters. The summed E-state index contributed by atoms with van der Waals surface area (Å²) in [6, 6.07) is 0. The summed E-state index contributed by atoms with van der Waals surface area (Å²) in [6.07, 6.45) is -4.47. The molecule has 0 heterocycles. The fourth-order valence-corrected chi connectivity index (χ4v) is 1.35. The lowest BCUT2D eigenvalue weighted by Crippen LogP contribution is -2.43. The molecule has 18 heavy (non-hydrogen) atoms. The van der Waals surface area contributed by atoms with Crippen molar-refractivity contribution in [2.24, 2.45) is 5.92 Å². The second-order valence-electron chi connectivity index (χ2n) is 4.35. The number of amides is 1. The first-order valence-corrected chi connectivity index (χ1v) is 5.37. The van der Waals surface area contributed by atoms with Gasteiger partial charge < -0.3 is 10.4 Å². The molecule has 0 aromatic heterocycles. The van der Waals surface area contributed by atoms with Crippen LogP contribution in [0.1, 0.15) is 13.8 Å². The van der Waals surface area contributed by atoms with Crippen LogP contribution in [0.3, 0.4) is 0 Å². The smallest absolute Gasteiger partial charge is 0.405 e. The van der Waals surface area contributed by atoms with Crippen LogP contribution < -0.4 is 5.32 Å². The van der Waals surface area contributed by atoms with Gasteiger partial charge in [-0.1, -0.05) is 13.8 Å². The number of rotatable bonds is 7. The molecule has 2 N–H and O–H groups in total. The Morgan fingerprint density at radius 3 is 2.22 bits per heavy atom. The Hall–Kier alpha value is -1.31. The Kier molecular flexibility index (Phi) is 6.67. The van der Waals surface area contributed by atoms with E-state index in [2.05, 4.69) is 0 Å². The second kappa shape index (κ2) is 7.20. The number of halogens is 3. The van der Waals surface area contributed by atoms with E-state index in [1.165, 1.54) is 4.90 Å². The van der Waals surface area contributed by atoms with Crippen LogP contribution in [0.2, 0.25) is 0 Å². The van der Waals surface area contributed by atoms with E-state index >= 15 is 0 Å². The first-order valence-electron chi connectivity index (χ1n) is 5.37. The fraction of sp³-hybridized carbons (Fsp3) is 0.800. The van der Waals surface area contributed by atoms with Gasteiger partial charge in [0.25, 0.3) is 0 Å². The van der Waals surface area contributed by atoms with E-state index in [1.807, 2.05) is 13.8 Å². The molecular formula is C10H17F3N2O3. The van der Waals surface area contributed by atoms with Crippen LogP contribution >= 0.6 is 0 Å². The molecule has 0 spiro atoms. The second-order valence-corrected chi connectivity index (χ2v) is 4.35. The number of carboxylic acids is 1. The third kappa shape index (κ3) is 9.88. The average molecular weight is 270 g/mol. The molecule has 1 amide bonds. The number of alkyl halides is 3. The van der Waals surface area contributed by atoms with Crippen LogP contribution in [0.4, 0.5) is 13.2 Å². The summed E-state index contributed by atoms with van der Waals surface area (Å²) in [6.45, 7) is 1.82. The predicted octanol–water partition coefficient (Wildman–Crippen LogP) is 0.707. The van der Waals surface area contributed by atoms with Gasteiger partial charge in [-0.2, -0.15) is 13.2 Å². The molecule has 8 heteroatoms. The monoisotopic (exact) mass is 270 g/mol. The van der Waals surface area contributed by atoms with Gasteiger partial charge in [0.05, 0.1) is 13.1 Å². The minimum absolute atomic E-state index is 0.111. The van der Waals surface area contributed by atoms with Gasteiger partial charge in [0, 0.05) is 6.54 Å². The summed E-state index contributed by atoms with van der Waals surface area (Å²) < 4.78 is 35.6. The van der Waals surface area contributed by atoms with E-state index < -0.39 is 24.6 Å². The van der Waals surface area contributed by atoms with Crippen molar-refractivity contribution >= 4 is 11.9 Å². The normalized spacial score (nSPS) is 11.9. The molecule has 0 saturated heterocycles. The highest BCUT2D eigenvalue weighted by atomic mass is 19.4. The minimum Gasteiger partial charge on any atom is -0.480 e. The van der Waals surface area contributed by atoms with Gasteiger partial charge in [0.15, 0.2) is 0 Å². The lowest BCUT2D eigenvalue weighted by Gasteiger charge is -2.21. The van der Waals surface area contributed by atoms with Crippen LogP contribution in [0.15, 0.2) is 0 Å². The van der Waals surface area contributed by atoms with Gasteiger partial charge in [0.2, 0.25) is 5.91 Å². The van der Waals surface area contributed by atoms with Crippen LogP contribution in [0.25, 0.3) is 0 Å². The Morgan fingerprint density at radius 2 is 1.83 bits per heavy atom. The zero-order valence-corrected chi connectivity index (χ0v) is 10.3. The van der Waals surface area contributed by atoms with Crippen molar-refractivity contribution in [2.75, 3.05) is 26.2 Å². The SMILES string of the molecule is CC(C)CN(CC(=O)O)CC(=O)NCC(F)(F)F. The molecule has 0 aromatic carbocycles. The van der Waals surface area contributed by atoms with E-state index in [9.17, 15) is 22.8 Å². The van der Waals surface area contributed by atoms with E-state index in [4.69, 9.17) is 5.11 Å². The molecule has 0 radical (unpaired) electrons. The average Bonchev–Trinajstić information content (AvgIpc) is 2.11. The predicted molar refractivity (Wildman–Crippen MR) is 58.0 cm³/mol. The van der Waals surface area contributed by atoms with Crippen LogP contribution in [0, 0.1) is 5.92 Å². The summed E-state index contributed by atoms with van der Waals surface area (Å²) in [5.41, 5.74) is 0. The number of carbonyl (C=O) groups excluding carboxylic acids is 1. The molecule has 0 aromatic rings. The molecule has 0 aliphatic heterocycles. The molecule has 106 valence electrons. The van der Waals surface area contributed by atoms with Crippen LogP contribution in [-0.4, -0.2) is 54.2 Å². The van der Waals surface area contributed by atoms with Crippen LogP contribution in [0.5, 0.6) is 0 Å². The number of carboxylic acid groups (broad SMARTS) is 1. The standard InChI is InChI=1S/C10H17F3N2O3/c1-7(2)3-15(5-9(17)18)4-8(16)14-6-10(11,12)13/h7H,3-6H2,1-2H3,(H,14,16)(H,17,18). The number of hydrogen-bond donors (Lipinski definition) is 2. The number of nitrogens with zero attached hydrogens (tertiary/aromatic N) is 1. The van der Waals surface area contributed by atoms with E-state index in [0.29, 0.717) is 6.54 Å². The van der Waals surface area contributed by atoms with Crippen molar-refractivity contribution < 1.29 is 27.9 Å². The van der Waals surface area contributed by atoms with E-state index in [1.54, 1.807) is 5.32 Å².